The minimum Gasteiger partial charge on any atom is -0.278 e. The smallest absolute Gasteiger partial charge is 0.220 e. The lowest BCUT2D eigenvalue weighted by molar-refractivity contribution is 1.11. The summed E-state index contributed by atoms with van der Waals surface area (Å²) in [6, 6.07) is 59.6. The van der Waals surface area contributed by atoms with E-state index in [2.05, 4.69) is 167 Å². The number of benzene rings is 6. The summed E-state index contributed by atoms with van der Waals surface area (Å²) >= 11 is 0. The molecule has 4 nitrogen and oxygen atoms in total. The average molecular weight is 589 g/mol. The van der Waals surface area contributed by atoms with Gasteiger partial charge in [0.1, 0.15) is 0 Å². The van der Waals surface area contributed by atoms with Crippen molar-refractivity contribution in [2.24, 2.45) is 0 Å². The van der Waals surface area contributed by atoms with E-state index in [9.17, 15) is 0 Å². The Kier molecular flexibility index (Phi) is 6.10. The fourth-order valence-electron chi connectivity index (χ4n) is 6.47. The number of nitrogens with zero attached hydrogens (tertiary/aromatic N) is 4. The molecule has 6 aromatic carbocycles. The molecule has 0 saturated carbocycles. The van der Waals surface area contributed by atoms with Crippen molar-refractivity contribution in [3.05, 3.63) is 170 Å². The Morgan fingerprint density at radius 2 is 0.826 bits per heavy atom. The summed E-state index contributed by atoms with van der Waals surface area (Å²) in [6.45, 7) is 0. The molecule has 0 unspecified atom stereocenters. The van der Waals surface area contributed by atoms with Crippen molar-refractivity contribution in [1.29, 1.82) is 0 Å². The largest absolute Gasteiger partial charge is 0.278 e. The Balaban J connectivity index is 1.08. The van der Waals surface area contributed by atoms with E-state index in [1.54, 1.807) is 0 Å². The van der Waals surface area contributed by atoms with Crippen LogP contribution in [-0.4, -0.2) is 18.9 Å². The predicted molar refractivity (Wildman–Crippen MR) is 189 cm³/mol. The van der Waals surface area contributed by atoms with Crippen LogP contribution in [0, 0.1) is 0 Å². The van der Waals surface area contributed by atoms with Crippen molar-refractivity contribution in [3.63, 3.8) is 0 Å². The molecule has 0 spiro atoms. The van der Waals surface area contributed by atoms with Gasteiger partial charge in [-0.3, -0.25) is 8.97 Å². The van der Waals surface area contributed by atoms with Crippen molar-refractivity contribution in [3.8, 4) is 50.5 Å². The lowest BCUT2D eigenvalue weighted by Gasteiger charge is -2.11. The molecule has 0 amide bonds. The lowest BCUT2D eigenvalue weighted by Crippen LogP contribution is -1.95. The maximum absolute atomic E-state index is 5.10. The van der Waals surface area contributed by atoms with Gasteiger partial charge in [0.25, 0.3) is 0 Å². The summed E-state index contributed by atoms with van der Waals surface area (Å²) < 4.78 is 4.50. The van der Waals surface area contributed by atoms with Crippen molar-refractivity contribution < 1.29 is 0 Å². The van der Waals surface area contributed by atoms with Crippen molar-refractivity contribution in [1.82, 2.24) is 18.9 Å². The fraction of sp³-hybridized carbons (Fsp3) is 0. The molecule has 3 aromatic heterocycles. The number of hydrogen-bond acceptors (Lipinski definition) is 2. The van der Waals surface area contributed by atoms with E-state index >= 15 is 0 Å². The van der Waals surface area contributed by atoms with Gasteiger partial charge >= 0.3 is 0 Å². The molecular formula is C42H28N4. The number of rotatable bonds is 5. The zero-order chi connectivity index (χ0) is 30.5. The van der Waals surface area contributed by atoms with Crippen LogP contribution in [0.4, 0.5) is 0 Å². The van der Waals surface area contributed by atoms with E-state index in [0.717, 1.165) is 72.7 Å². The van der Waals surface area contributed by atoms with E-state index in [1.165, 1.54) is 5.56 Å². The summed E-state index contributed by atoms with van der Waals surface area (Å²) in [5.74, 6) is 0.916. The van der Waals surface area contributed by atoms with Crippen molar-refractivity contribution in [2.45, 2.75) is 0 Å². The molecule has 4 heteroatoms. The molecule has 0 saturated heterocycles. The summed E-state index contributed by atoms with van der Waals surface area (Å²) in [7, 11) is 0. The number of pyridine rings is 1. The molecule has 9 rings (SSSR count). The fourth-order valence-corrected chi connectivity index (χ4v) is 6.47. The van der Waals surface area contributed by atoms with Crippen LogP contribution < -0.4 is 0 Å². The SMILES string of the molecule is c1ccc(-c2cc(-c3ccccc3)nc(-c3ccc(-c4ccc(-n5c6ccccc6n6c7ccccc7nc56)cc4)cc3)c2)cc1. The van der Waals surface area contributed by atoms with Gasteiger partial charge in [0, 0.05) is 16.8 Å². The maximum Gasteiger partial charge on any atom is 0.220 e. The first-order chi connectivity index (χ1) is 22.8. The van der Waals surface area contributed by atoms with Crippen LogP contribution in [0.15, 0.2) is 170 Å². The van der Waals surface area contributed by atoms with E-state index < -0.39 is 0 Å². The number of fused-ring (bicyclic) bond motifs is 5. The first-order valence-electron chi connectivity index (χ1n) is 15.5. The van der Waals surface area contributed by atoms with Gasteiger partial charge in [0.2, 0.25) is 5.78 Å². The van der Waals surface area contributed by atoms with Crippen LogP contribution in [0.3, 0.4) is 0 Å². The zero-order valence-corrected chi connectivity index (χ0v) is 25.0. The van der Waals surface area contributed by atoms with E-state index in [1.807, 2.05) is 12.1 Å². The second-order valence-corrected chi connectivity index (χ2v) is 11.5. The average Bonchev–Trinajstić information content (AvgIpc) is 3.67. The van der Waals surface area contributed by atoms with Crippen LogP contribution in [0.1, 0.15) is 0 Å². The third-order valence-corrected chi connectivity index (χ3v) is 8.75. The molecule has 0 N–H and O–H groups in total. The molecule has 0 aliphatic heterocycles. The van der Waals surface area contributed by atoms with Gasteiger partial charge in [0.15, 0.2) is 0 Å². The Hall–Kier alpha value is -6.26. The highest BCUT2D eigenvalue weighted by atomic mass is 15.2. The molecule has 0 aliphatic rings. The third kappa shape index (κ3) is 4.39. The molecule has 9 aromatic rings. The molecule has 0 bridgehead atoms. The van der Waals surface area contributed by atoms with Gasteiger partial charge in [-0.2, -0.15) is 0 Å². The van der Waals surface area contributed by atoms with Crippen LogP contribution in [0.25, 0.3) is 78.3 Å². The molecule has 0 fully saturated rings. The molecule has 46 heavy (non-hydrogen) atoms. The number of imidazole rings is 2. The summed E-state index contributed by atoms with van der Waals surface area (Å²) in [5, 5.41) is 0. The van der Waals surface area contributed by atoms with E-state index in [0.29, 0.717) is 0 Å². The first-order valence-corrected chi connectivity index (χ1v) is 15.5. The number of para-hydroxylation sites is 4. The number of aromatic nitrogens is 4. The van der Waals surface area contributed by atoms with Crippen LogP contribution in [0.2, 0.25) is 0 Å². The minimum atomic E-state index is 0.916. The van der Waals surface area contributed by atoms with Crippen molar-refractivity contribution >= 4 is 27.8 Å². The van der Waals surface area contributed by atoms with Gasteiger partial charge in [-0.05, 0) is 70.8 Å². The van der Waals surface area contributed by atoms with E-state index in [-0.39, 0.29) is 0 Å². The highest BCUT2D eigenvalue weighted by Gasteiger charge is 2.17. The summed E-state index contributed by atoms with van der Waals surface area (Å²) in [5.41, 5.74) is 14.2. The van der Waals surface area contributed by atoms with Gasteiger partial charge in [-0.15, -0.1) is 0 Å². The van der Waals surface area contributed by atoms with E-state index in [4.69, 9.17) is 9.97 Å². The summed E-state index contributed by atoms with van der Waals surface area (Å²) in [4.78, 5) is 10.1. The Labute approximate surface area is 266 Å². The van der Waals surface area contributed by atoms with Gasteiger partial charge in [0.05, 0.1) is 33.5 Å². The molecule has 0 radical (unpaired) electrons. The summed E-state index contributed by atoms with van der Waals surface area (Å²) in [6.07, 6.45) is 0. The normalized spacial score (nSPS) is 11.5. The lowest BCUT2D eigenvalue weighted by atomic mass is 9.98. The maximum atomic E-state index is 5.10. The van der Waals surface area contributed by atoms with Crippen molar-refractivity contribution in [2.75, 3.05) is 0 Å². The predicted octanol–water partition coefficient (Wildman–Crippen LogP) is 10.5. The minimum absolute atomic E-state index is 0.916. The Morgan fingerprint density at radius 1 is 0.348 bits per heavy atom. The third-order valence-electron chi connectivity index (χ3n) is 8.75. The second-order valence-electron chi connectivity index (χ2n) is 11.5. The van der Waals surface area contributed by atoms with Crippen LogP contribution in [0.5, 0.6) is 0 Å². The quantitative estimate of drug-likeness (QED) is 0.200. The number of hydrogen-bond donors (Lipinski definition) is 0. The molecular weight excluding hydrogens is 560 g/mol. The highest BCUT2D eigenvalue weighted by molar-refractivity contribution is 5.92. The zero-order valence-electron chi connectivity index (χ0n) is 25.0. The molecule has 0 atom stereocenters. The molecule has 3 heterocycles. The second kappa shape index (κ2) is 10.7. The molecule has 216 valence electrons. The van der Waals surface area contributed by atoms with Gasteiger partial charge in [-0.1, -0.05) is 121 Å². The first kappa shape index (κ1) is 26.2. The standard InChI is InChI=1S/C42H28N4/c1-3-11-29(12-4-1)34-27-37(32-13-5-2-6-14-32)43-38(28-34)33-21-19-30(20-22-33)31-23-25-35(26-24-31)45-40-17-9-10-18-41(40)46-39-16-8-7-15-36(39)44-42(45)46/h1-28H. The van der Waals surface area contributed by atoms with Gasteiger partial charge in [-0.25, -0.2) is 9.97 Å². The Bertz CT molecular complexity index is 2430. The van der Waals surface area contributed by atoms with Crippen LogP contribution in [-0.2, 0) is 0 Å². The monoisotopic (exact) mass is 588 g/mol. The molecule has 0 aliphatic carbocycles. The van der Waals surface area contributed by atoms with Crippen LogP contribution >= 0.6 is 0 Å². The topological polar surface area (TPSA) is 35.1 Å². The highest BCUT2D eigenvalue weighted by Crippen LogP contribution is 2.33. The Morgan fingerprint density at radius 3 is 1.50 bits per heavy atom. The van der Waals surface area contributed by atoms with Gasteiger partial charge < -0.3 is 0 Å².